The molecule has 0 spiro atoms. The minimum Gasteiger partial charge on any atom is -0.370 e. The van der Waals surface area contributed by atoms with E-state index >= 15 is 0 Å². The molecule has 3 rings (SSSR count). The first kappa shape index (κ1) is 17.0. The number of benzene rings is 1. The van der Waals surface area contributed by atoms with Crippen molar-refractivity contribution in [3.8, 4) is 0 Å². The lowest BCUT2D eigenvalue weighted by molar-refractivity contribution is -0.115. The van der Waals surface area contributed by atoms with Crippen LogP contribution in [0.25, 0.3) is 0 Å². The number of aromatic nitrogens is 1. The van der Waals surface area contributed by atoms with Crippen molar-refractivity contribution in [1.82, 2.24) is 5.16 Å². The number of anilines is 2. The van der Waals surface area contributed by atoms with E-state index in [4.69, 9.17) is 10.3 Å². The third-order valence-electron chi connectivity index (χ3n) is 4.52. The van der Waals surface area contributed by atoms with Crippen LogP contribution in [-0.2, 0) is 11.2 Å². The van der Waals surface area contributed by atoms with Crippen LogP contribution in [0.5, 0.6) is 0 Å². The van der Waals surface area contributed by atoms with Crippen LogP contribution in [0, 0.1) is 13.8 Å². The van der Waals surface area contributed by atoms with Gasteiger partial charge in [-0.25, -0.2) is 0 Å². The van der Waals surface area contributed by atoms with E-state index in [1.807, 2.05) is 13.0 Å². The topological polar surface area (TPSA) is 101 Å². The molecule has 0 unspecified atom stereocenters. The number of nitrogens with zero attached hydrogens (tertiary/aromatic N) is 2. The van der Waals surface area contributed by atoms with E-state index in [0.717, 1.165) is 37.2 Å². The summed E-state index contributed by atoms with van der Waals surface area (Å²) in [5.41, 5.74) is 8.76. The zero-order valence-corrected chi connectivity index (χ0v) is 14.5. The highest BCUT2D eigenvalue weighted by molar-refractivity contribution is 6.00. The SMILES string of the molecule is Cc1noc(C)c1CC(=O)Nc1cc(C(N)=O)ccc1N1CCCC1. The van der Waals surface area contributed by atoms with Gasteiger partial charge in [0, 0.05) is 24.2 Å². The van der Waals surface area contributed by atoms with Crippen LogP contribution >= 0.6 is 0 Å². The van der Waals surface area contributed by atoms with Crippen molar-refractivity contribution in [1.29, 1.82) is 0 Å². The van der Waals surface area contributed by atoms with E-state index in [1.54, 1.807) is 19.1 Å². The fourth-order valence-corrected chi connectivity index (χ4v) is 3.13. The molecule has 0 radical (unpaired) electrons. The summed E-state index contributed by atoms with van der Waals surface area (Å²) < 4.78 is 5.10. The maximum atomic E-state index is 12.5. The molecule has 0 bridgehead atoms. The second kappa shape index (κ2) is 6.96. The van der Waals surface area contributed by atoms with Crippen LogP contribution in [0.1, 0.15) is 40.2 Å². The van der Waals surface area contributed by atoms with E-state index < -0.39 is 5.91 Å². The Morgan fingerprint density at radius 1 is 1.28 bits per heavy atom. The van der Waals surface area contributed by atoms with Crippen molar-refractivity contribution < 1.29 is 14.1 Å². The first-order valence-corrected chi connectivity index (χ1v) is 8.36. The predicted molar refractivity (Wildman–Crippen MR) is 94.7 cm³/mol. The van der Waals surface area contributed by atoms with Gasteiger partial charge in [0.1, 0.15) is 5.76 Å². The number of amides is 2. The van der Waals surface area contributed by atoms with Gasteiger partial charge in [0.25, 0.3) is 0 Å². The van der Waals surface area contributed by atoms with Gasteiger partial charge < -0.3 is 20.5 Å². The molecule has 0 atom stereocenters. The Morgan fingerprint density at radius 3 is 2.60 bits per heavy atom. The molecule has 3 N–H and O–H groups in total. The second-order valence-electron chi connectivity index (χ2n) is 6.32. The Bertz CT molecular complexity index is 787. The molecule has 1 aromatic heterocycles. The van der Waals surface area contributed by atoms with Gasteiger partial charge in [0.05, 0.1) is 23.5 Å². The number of carbonyl (C=O) groups excluding carboxylic acids is 2. The maximum Gasteiger partial charge on any atom is 0.248 e. The standard InChI is InChI=1S/C18H22N4O3/c1-11-14(12(2)25-21-11)10-17(23)20-15-9-13(18(19)24)5-6-16(15)22-7-3-4-8-22/h5-6,9H,3-4,7-8,10H2,1-2H3,(H2,19,24)(H,20,23). The first-order chi connectivity index (χ1) is 12.0. The molecule has 0 saturated carbocycles. The molecular formula is C18H22N4O3. The van der Waals surface area contributed by atoms with Gasteiger partial charge >= 0.3 is 0 Å². The molecule has 1 aliphatic heterocycles. The van der Waals surface area contributed by atoms with Crippen molar-refractivity contribution >= 4 is 23.2 Å². The van der Waals surface area contributed by atoms with Crippen LogP contribution in [0.3, 0.4) is 0 Å². The molecule has 7 heteroatoms. The summed E-state index contributed by atoms with van der Waals surface area (Å²) in [5.74, 6) is -0.0658. The molecule has 2 amide bonds. The minimum absolute atomic E-state index is 0.168. The monoisotopic (exact) mass is 342 g/mol. The average Bonchev–Trinajstić information content (AvgIpc) is 3.20. The Kier molecular flexibility index (Phi) is 4.74. The van der Waals surface area contributed by atoms with E-state index in [0.29, 0.717) is 22.7 Å². The molecule has 7 nitrogen and oxygen atoms in total. The van der Waals surface area contributed by atoms with Gasteiger partial charge in [0.15, 0.2) is 0 Å². The summed E-state index contributed by atoms with van der Waals surface area (Å²) in [5, 5.41) is 6.79. The Morgan fingerprint density at radius 2 is 2.00 bits per heavy atom. The largest absolute Gasteiger partial charge is 0.370 e. The third kappa shape index (κ3) is 3.65. The van der Waals surface area contributed by atoms with Crippen LogP contribution in [0.4, 0.5) is 11.4 Å². The molecule has 1 aromatic carbocycles. The van der Waals surface area contributed by atoms with Crippen LogP contribution in [0.15, 0.2) is 22.7 Å². The number of primary amides is 1. The summed E-state index contributed by atoms with van der Waals surface area (Å²) in [7, 11) is 0. The zero-order chi connectivity index (χ0) is 18.0. The van der Waals surface area contributed by atoms with E-state index in [1.165, 1.54) is 0 Å². The van der Waals surface area contributed by atoms with Gasteiger partial charge in [-0.05, 0) is 44.9 Å². The average molecular weight is 342 g/mol. The summed E-state index contributed by atoms with van der Waals surface area (Å²) in [4.78, 5) is 26.2. The Hall–Kier alpha value is -2.83. The smallest absolute Gasteiger partial charge is 0.248 e. The lowest BCUT2D eigenvalue weighted by Crippen LogP contribution is -2.23. The molecule has 1 fully saturated rings. The molecule has 2 aromatic rings. The van der Waals surface area contributed by atoms with Crippen molar-refractivity contribution in [2.45, 2.75) is 33.1 Å². The predicted octanol–water partition coefficient (Wildman–Crippen LogP) is 2.17. The Balaban J connectivity index is 1.85. The van der Waals surface area contributed by atoms with Crippen molar-refractivity contribution in [2.75, 3.05) is 23.3 Å². The van der Waals surface area contributed by atoms with Crippen molar-refractivity contribution in [3.05, 3.63) is 40.8 Å². The molecule has 1 aliphatic rings. The van der Waals surface area contributed by atoms with Gasteiger partial charge in [0.2, 0.25) is 11.8 Å². The van der Waals surface area contributed by atoms with Gasteiger partial charge in [-0.3, -0.25) is 9.59 Å². The number of hydrogen-bond donors (Lipinski definition) is 2. The number of hydrogen-bond acceptors (Lipinski definition) is 5. The number of aryl methyl sites for hydroxylation is 2. The number of nitrogens with two attached hydrogens (primary N) is 1. The number of nitrogens with one attached hydrogen (secondary N) is 1. The van der Waals surface area contributed by atoms with Crippen molar-refractivity contribution in [2.24, 2.45) is 5.73 Å². The number of carbonyl (C=O) groups is 2. The Labute approximate surface area is 146 Å². The summed E-state index contributed by atoms with van der Waals surface area (Å²) in [6.07, 6.45) is 2.40. The highest BCUT2D eigenvalue weighted by Crippen LogP contribution is 2.30. The highest BCUT2D eigenvalue weighted by atomic mass is 16.5. The van der Waals surface area contributed by atoms with Crippen LogP contribution in [-0.4, -0.2) is 30.1 Å². The van der Waals surface area contributed by atoms with E-state index in [-0.39, 0.29) is 12.3 Å². The first-order valence-electron chi connectivity index (χ1n) is 8.36. The van der Waals surface area contributed by atoms with Gasteiger partial charge in [-0.15, -0.1) is 0 Å². The fraction of sp³-hybridized carbons (Fsp3) is 0.389. The summed E-state index contributed by atoms with van der Waals surface area (Å²) in [6.45, 7) is 5.46. The lowest BCUT2D eigenvalue weighted by Gasteiger charge is -2.22. The third-order valence-corrected chi connectivity index (χ3v) is 4.52. The van der Waals surface area contributed by atoms with Gasteiger partial charge in [-0.1, -0.05) is 5.16 Å². The fourth-order valence-electron chi connectivity index (χ4n) is 3.13. The molecule has 0 aliphatic carbocycles. The summed E-state index contributed by atoms with van der Waals surface area (Å²) >= 11 is 0. The highest BCUT2D eigenvalue weighted by Gasteiger charge is 2.20. The number of rotatable bonds is 5. The molecular weight excluding hydrogens is 320 g/mol. The van der Waals surface area contributed by atoms with Crippen LogP contribution in [0.2, 0.25) is 0 Å². The lowest BCUT2D eigenvalue weighted by atomic mass is 10.1. The normalized spacial score (nSPS) is 13.9. The van der Waals surface area contributed by atoms with Crippen LogP contribution < -0.4 is 16.0 Å². The molecule has 1 saturated heterocycles. The van der Waals surface area contributed by atoms with E-state index in [2.05, 4.69) is 15.4 Å². The molecule has 132 valence electrons. The minimum atomic E-state index is -0.519. The van der Waals surface area contributed by atoms with E-state index in [9.17, 15) is 9.59 Å². The molecule has 25 heavy (non-hydrogen) atoms. The summed E-state index contributed by atoms with van der Waals surface area (Å²) in [6, 6.07) is 5.18. The quantitative estimate of drug-likeness (QED) is 0.867. The zero-order valence-electron chi connectivity index (χ0n) is 14.5. The van der Waals surface area contributed by atoms with Gasteiger partial charge in [-0.2, -0.15) is 0 Å². The van der Waals surface area contributed by atoms with Crippen molar-refractivity contribution in [3.63, 3.8) is 0 Å². The second-order valence-corrected chi connectivity index (χ2v) is 6.32. The maximum absolute atomic E-state index is 12.5. The molecule has 2 heterocycles.